The summed E-state index contributed by atoms with van der Waals surface area (Å²) in [6.45, 7) is 2.23. The van der Waals surface area contributed by atoms with Gasteiger partial charge in [0.15, 0.2) is 0 Å². The van der Waals surface area contributed by atoms with E-state index in [1.807, 2.05) is 0 Å². The monoisotopic (exact) mass is 109 g/mol. The van der Waals surface area contributed by atoms with Crippen LogP contribution in [0.4, 0.5) is 0 Å². The molecule has 0 unspecified atom stereocenters. The average Bonchev–Trinajstić information content (AvgIpc) is 2.19. The second kappa shape index (κ2) is 2.91. The van der Waals surface area contributed by atoms with Gasteiger partial charge in [0.25, 0.3) is 0 Å². The molecule has 0 saturated heterocycles. The fourth-order valence-corrected chi connectivity index (χ4v) is 1.17. The molecule has 0 heterocycles. The molecule has 1 rings (SSSR count). The Morgan fingerprint density at radius 2 is 2.50 bits per heavy atom. The van der Waals surface area contributed by atoms with E-state index in [1.165, 1.54) is 32.1 Å². The molecule has 0 aromatic carbocycles. The summed E-state index contributed by atoms with van der Waals surface area (Å²) < 4.78 is 0. The lowest BCUT2D eigenvalue weighted by atomic mass is 10.1. The first-order valence-corrected chi connectivity index (χ1v) is 3.52. The van der Waals surface area contributed by atoms with Gasteiger partial charge in [0, 0.05) is 0 Å². The minimum absolute atomic E-state index is 1.22. The molecule has 0 bridgehead atoms. The van der Waals surface area contributed by atoms with Crippen molar-refractivity contribution in [3.8, 4) is 0 Å². The third-order valence-corrected chi connectivity index (χ3v) is 1.58. The van der Waals surface area contributed by atoms with Crippen molar-refractivity contribution in [1.82, 2.24) is 0 Å². The lowest BCUT2D eigenvalue weighted by Crippen LogP contribution is -1.74. The van der Waals surface area contributed by atoms with Crippen LogP contribution in [0.25, 0.3) is 0 Å². The van der Waals surface area contributed by atoms with Crippen LogP contribution in [0.1, 0.15) is 39.0 Å². The lowest BCUT2D eigenvalue weighted by Gasteiger charge is -1.93. The van der Waals surface area contributed by atoms with Crippen molar-refractivity contribution < 1.29 is 0 Å². The molecule has 1 aliphatic rings. The minimum atomic E-state index is 1.22. The van der Waals surface area contributed by atoms with Crippen LogP contribution in [0, 0.1) is 6.08 Å². The SMILES string of the molecule is CCCC1=[C]CCC1. The van der Waals surface area contributed by atoms with Crippen LogP contribution in [0.2, 0.25) is 0 Å². The van der Waals surface area contributed by atoms with Crippen LogP contribution in [0.5, 0.6) is 0 Å². The molecular weight excluding hydrogens is 96.1 g/mol. The molecule has 0 aromatic rings. The van der Waals surface area contributed by atoms with Crippen LogP contribution in [0.15, 0.2) is 5.57 Å². The Labute approximate surface area is 51.6 Å². The summed E-state index contributed by atoms with van der Waals surface area (Å²) in [5.41, 5.74) is 1.58. The average molecular weight is 109 g/mol. The van der Waals surface area contributed by atoms with Crippen molar-refractivity contribution in [2.24, 2.45) is 0 Å². The normalized spacial score (nSPS) is 18.9. The van der Waals surface area contributed by atoms with E-state index in [-0.39, 0.29) is 0 Å². The molecule has 0 nitrogen and oxygen atoms in total. The molecule has 0 heteroatoms. The Morgan fingerprint density at radius 1 is 1.62 bits per heavy atom. The van der Waals surface area contributed by atoms with Crippen LogP contribution in [-0.4, -0.2) is 0 Å². The van der Waals surface area contributed by atoms with Gasteiger partial charge < -0.3 is 0 Å². The molecule has 0 aromatic heterocycles. The van der Waals surface area contributed by atoms with Crippen LogP contribution in [-0.2, 0) is 0 Å². The summed E-state index contributed by atoms with van der Waals surface area (Å²) in [6.07, 6.45) is 9.86. The highest BCUT2D eigenvalue weighted by molar-refractivity contribution is 5.01. The van der Waals surface area contributed by atoms with Gasteiger partial charge in [0.2, 0.25) is 0 Å². The van der Waals surface area contributed by atoms with Crippen LogP contribution in [0.3, 0.4) is 0 Å². The van der Waals surface area contributed by atoms with Crippen molar-refractivity contribution in [3.05, 3.63) is 11.6 Å². The van der Waals surface area contributed by atoms with Crippen LogP contribution >= 0.6 is 0 Å². The zero-order valence-electron chi connectivity index (χ0n) is 5.54. The molecular formula is C8H13. The zero-order chi connectivity index (χ0) is 5.82. The largest absolute Gasteiger partial charge is 0.0667 e. The van der Waals surface area contributed by atoms with E-state index < -0.39 is 0 Å². The molecule has 0 saturated carbocycles. The molecule has 0 amide bonds. The molecule has 1 radical (unpaired) electrons. The quantitative estimate of drug-likeness (QED) is 0.511. The maximum atomic E-state index is 3.37. The molecule has 0 spiro atoms. The molecule has 0 N–H and O–H groups in total. The Kier molecular flexibility index (Phi) is 2.13. The van der Waals surface area contributed by atoms with E-state index in [4.69, 9.17) is 0 Å². The Bertz CT molecular complexity index is 90.2. The fourth-order valence-electron chi connectivity index (χ4n) is 1.17. The molecule has 1 aliphatic carbocycles. The summed E-state index contributed by atoms with van der Waals surface area (Å²) in [4.78, 5) is 0. The van der Waals surface area contributed by atoms with E-state index in [9.17, 15) is 0 Å². The second-order valence-corrected chi connectivity index (χ2v) is 2.38. The number of rotatable bonds is 2. The van der Waals surface area contributed by atoms with Gasteiger partial charge in [0.1, 0.15) is 0 Å². The molecule has 8 heavy (non-hydrogen) atoms. The predicted octanol–water partition coefficient (Wildman–Crippen LogP) is 2.70. The first kappa shape index (κ1) is 5.87. The highest BCUT2D eigenvalue weighted by Gasteiger charge is 2.01. The predicted molar refractivity (Wildman–Crippen MR) is 35.5 cm³/mol. The summed E-state index contributed by atoms with van der Waals surface area (Å²) in [6, 6.07) is 0. The minimum Gasteiger partial charge on any atom is -0.0667 e. The smallest absolute Gasteiger partial charge is 0.0274 e. The van der Waals surface area contributed by atoms with Gasteiger partial charge in [-0.1, -0.05) is 18.9 Å². The second-order valence-electron chi connectivity index (χ2n) is 2.38. The first-order valence-electron chi connectivity index (χ1n) is 3.52. The Balaban J connectivity index is 2.23. The lowest BCUT2D eigenvalue weighted by molar-refractivity contribution is 0.830. The van der Waals surface area contributed by atoms with Gasteiger partial charge in [-0.3, -0.25) is 0 Å². The number of allylic oxidation sites excluding steroid dienone is 2. The third kappa shape index (κ3) is 1.36. The van der Waals surface area contributed by atoms with Gasteiger partial charge in [-0.15, -0.1) is 0 Å². The van der Waals surface area contributed by atoms with E-state index in [0.29, 0.717) is 0 Å². The zero-order valence-corrected chi connectivity index (χ0v) is 5.54. The van der Waals surface area contributed by atoms with E-state index >= 15 is 0 Å². The topological polar surface area (TPSA) is 0 Å². The van der Waals surface area contributed by atoms with Gasteiger partial charge in [-0.2, -0.15) is 0 Å². The third-order valence-electron chi connectivity index (χ3n) is 1.58. The van der Waals surface area contributed by atoms with Crippen molar-refractivity contribution in [3.63, 3.8) is 0 Å². The van der Waals surface area contributed by atoms with Crippen molar-refractivity contribution in [2.75, 3.05) is 0 Å². The molecule has 0 fully saturated rings. The molecule has 0 aliphatic heterocycles. The van der Waals surface area contributed by atoms with Crippen molar-refractivity contribution in [1.29, 1.82) is 0 Å². The maximum Gasteiger partial charge on any atom is -0.0274 e. The van der Waals surface area contributed by atoms with Gasteiger partial charge >= 0.3 is 0 Å². The molecule has 0 atom stereocenters. The Hall–Kier alpha value is -0.260. The highest BCUT2D eigenvalue weighted by atomic mass is 14.1. The van der Waals surface area contributed by atoms with Crippen molar-refractivity contribution in [2.45, 2.75) is 39.0 Å². The van der Waals surface area contributed by atoms with Crippen LogP contribution < -0.4 is 0 Å². The number of hydrogen-bond donors (Lipinski definition) is 0. The van der Waals surface area contributed by atoms with E-state index in [1.54, 1.807) is 5.57 Å². The highest BCUT2D eigenvalue weighted by Crippen LogP contribution is 2.20. The fraction of sp³-hybridized carbons (Fsp3) is 0.750. The number of hydrogen-bond acceptors (Lipinski definition) is 0. The summed E-state index contributed by atoms with van der Waals surface area (Å²) >= 11 is 0. The maximum absolute atomic E-state index is 3.37. The van der Waals surface area contributed by atoms with Gasteiger partial charge in [-0.05, 0) is 31.8 Å². The summed E-state index contributed by atoms with van der Waals surface area (Å²) in [7, 11) is 0. The molecule has 45 valence electrons. The first-order chi connectivity index (χ1) is 3.93. The van der Waals surface area contributed by atoms with Gasteiger partial charge in [-0.25, -0.2) is 0 Å². The van der Waals surface area contributed by atoms with E-state index in [2.05, 4.69) is 13.0 Å². The summed E-state index contributed by atoms with van der Waals surface area (Å²) in [5.74, 6) is 0. The summed E-state index contributed by atoms with van der Waals surface area (Å²) in [5, 5.41) is 0. The van der Waals surface area contributed by atoms with Crippen molar-refractivity contribution >= 4 is 0 Å². The Morgan fingerprint density at radius 3 is 3.00 bits per heavy atom. The van der Waals surface area contributed by atoms with Gasteiger partial charge in [0.05, 0.1) is 0 Å². The van der Waals surface area contributed by atoms with E-state index in [0.717, 1.165) is 0 Å². The standard InChI is InChI=1S/C8H13/c1-2-5-8-6-3-4-7-8/h2-6H2,1H3.